The third kappa shape index (κ3) is 2.90. The average molecular weight is 319 g/mol. The summed E-state index contributed by atoms with van der Waals surface area (Å²) in [4.78, 5) is 17.3. The van der Waals surface area contributed by atoms with E-state index in [2.05, 4.69) is 10.9 Å². The van der Waals surface area contributed by atoms with Crippen LogP contribution in [0.25, 0.3) is 10.2 Å². The van der Waals surface area contributed by atoms with Crippen LogP contribution >= 0.6 is 22.9 Å². The van der Waals surface area contributed by atoms with Crippen molar-refractivity contribution in [3.05, 3.63) is 28.0 Å². The number of amides is 1. The fraction of sp³-hybridized carbons (Fsp3) is 0.375. The molecule has 1 aliphatic carbocycles. The molecule has 21 heavy (non-hydrogen) atoms. The normalized spacial score (nSPS) is 16.5. The molecule has 0 spiro atoms. The molecule has 1 fully saturated rings. The molecular weight excluding hydrogens is 304 g/mol. The summed E-state index contributed by atoms with van der Waals surface area (Å²) in [6.07, 6.45) is 9.60. The molecule has 1 saturated carbocycles. The highest BCUT2D eigenvalue weighted by Crippen LogP contribution is 2.26. The van der Waals surface area contributed by atoms with Gasteiger partial charge in [-0.1, -0.05) is 41.7 Å². The average Bonchev–Trinajstić information content (AvgIpc) is 3.08. The van der Waals surface area contributed by atoms with E-state index in [4.69, 9.17) is 18.0 Å². The third-order valence-electron chi connectivity index (χ3n) is 3.80. The largest absolute Gasteiger partial charge is 0.305 e. The zero-order chi connectivity index (χ0) is 14.8. The lowest BCUT2D eigenvalue weighted by Gasteiger charge is -2.02. The van der Waals surface area contributed by atoms with Gasteiger partial charge in [0, 0.05) is 10.9 Å². The lowest BCUT2D eigenvalue weighted by atomic mass is 10.1. The first-order valence-electron chi connectivity index (χ1n) is 7.00. The zero-order valence-corrected chi connectivity index (χ0v) is 13.1. The summed E-state index contributed by atoms with van der Waals surface area (Å²) in [6, 6.07) is 5.63. The molecule has 0 radical (unpaired) electrons. The summed E-state index contributed by atoms with van der Waals surface area (Å²) in [5.74, 6) is 2.69. The van der Waals surface area contributed by atoms with Crippen molar-refractivity contribution in [2.24, 2.45) is 10.9 Å². The maximum absolute atomic E-state index is 12.3. The van der Waals surface area contributed by atoms with Crippen molar-refractivity contribution in [3.8, 4) is 12.3 Å². The Morgan fingerprint density at radius 1 is 1.48 bits per heavy atom. The molecule has 2 aromatic rings. The van der Waals surface area contributed by atoms with Crippen molar-refractivity contribution >= 4 is 39.1 Å². The van der Waals surface area contributed by atoms with E-state index >= 15 is 0 Å². The number of aromatic nitrogens is 1. The van der Waals surface area contributed by atoms with Gasteiger partial charge >= 0.3 is 0 Å². The van der Waals surface area contributed by atoms with Gasteiger partial charge in [0.15, 0.2) is 4.80 Å². The van der Waals surface area contributed by atoms with Crippen LogP contribution in [-0.2, 0) is 11.3 Å². The minimum Gasteiger partial charge on any atom is -0.305 e. The van der Waals surface area contributed by atoms with E-state index < -0.39 is 0 Å². The molecule has 0 bridgehead atoms. The molecule has 1 heterocycles. The van der Waals surface area contributed by atoms with Gasteiger partial charge in [0.25, 0.3) is 5.91 Å². The number of carbonyl (C=O) groups is 1. The number of fused-ring (bicyclic) bond motifs is 1. The van der Waals surface area contributed by atoms with Gasteiger partial charge in [-0.3, -0.25) is 4.79 Å². The quantitative estimate of drug-likeness (QED) is 0.779. The fourth-order valence-corrected chi connectivity index (χ4v) is 4.05. The van der Waals surface area contributed by atoms with E-state index in [1.165, 1.54) is 11.3 Å². The standard InChI is InChI=1S/C16H15ClN2OS/c1-2-9-19-13-8-7-12(17)10-14(13)21-16(19)18-15(20)11-5-3-4-6-11/h1,7-8,10-11H,3-6,9H2. The Bertz CT molecular complexity index is 791. The maximum atomic E-state index is 12.3. The number of rotatable bonds is 2. The number of benzene rings is 1. The van der Waals surface area contributed by atoms with Gasteiger partial charge in [0.05, 0.1) is 16.8 Å². The van der Waals surface area contributed by atoms with Gasteiger partial charge in [-0.2, -0.15) is 4.99 Å². The van der Waals surface area contributed by atoms with E-state index in [0.29, 0.717) is 16.4 Å². The minimum atomic E-state index is -0.0177. The highest BCUT2D eigenvalue weighted by Gasteiger charge is 2.22. The molecule has 0 saturated heterocycles. The molecule has 0 unspecified atom stereocenters. The van der Waals surface area contributed by atoms with Gasteiger partial charge in [-0.05, 0) is 31.0 Å². The lowest BCUT2D eigenvalue weighted by Crippen LogP contribution is -2.19. The molecule has 0 aliphatic heterocycles. The third-order valence-corrected chi connectivity index (χ3v) is 5.08. The minimum absolute atomic E-state index is 0.0177. The van der Waals surface area contributed by atoms with Crippen molar-refractivity contribution < 1.29 is 4.79 Å². The molecule has 108 valence electrons. The molecule has 3 nitrogen and oxygen atoms in total. The Morgan fingerprint density at radius 2 is 2.24 bits per heavy atom. The topological polar surface area (TPSA) is 34.4 Å². The Hall–Kier alpha value is -1.57. The van der Waals surface area contributed by atoms with Crippen LogP contribution in [0.2, 0.25) is 5.02 Å². The maximum Gasteiger partial charge on any atom is 0.251 e. The number of hydrogen-bond acceptors (Lipinski definition) is 2. The van der Waals surface area contributed by atoms with Crippen LogP contribution in [0.3, 0.4) is 0 Å². The molecule has 3 rings (SSSR count). The second kappa shape index (κ2) is 6.05. The Balaban J connectivity index is 2.10. The highest BCUT2D eigenvalue weighted by molar-refractivity contribution is 7.16. The summed E-state index contributed by atoms with van der Waals surface area (Å²) < 4.78 is 2.90. The predicted octanol–water partition coefficient (Wildman–Crippen LogP) is 3.61. The summed E-state index contributed by atoms with van der Waals surface area (Å²) in [7, 11) is 0. The molecule has 1 aromatic carbocycles. The van der Waals surface area contributed by atoms with Crippen LogP contribution in [0.15, 0.2) is 23.2 Å². The van der Waals surface area contributed by atoms with Gasteiger partial charge in [-0.15, -0.1) is 6.42 Å². The van der Waals surface area contributed by atoms with Crippen LogP contribution in [-0.4, -0.2) is 10.5 Å². The fourth-order valence-electron chi connectivity index (χ4n) is 2.73. The van der Waals surface area contributed by atoms with Crippen molar-refractivity contribution in [1.29, 1.82) is 0 Å². The van der Waals surface area contributed by atoms with Gasteiger partial charge in [0.2, 0.25) is 0 Å². The van der Waals surface area contributed by atoms with Crippen molar-refractivity contribution in [3.63, 3.8) is 0 Å². The number of thiazole rings is 1. The van der Waals surface area contributed by atoms with E-state index in [0.717, 1.165) is 35.9 Å². The monoisotopic (exact) mass is 318 g/mol. The second-order valence-corrected chi connectivity index (χ2v) is 6.66. The highest BCUT2D eigenvalue weighted by atomic mass is 35.5. The second-order valence-electron chi connectivity index (χ2n) is 5.22. The smallest absolute Gasteiger partial charge is 0.251 e. The predicted molar refractivity (Wildman–Crippen MR) is 86.2 cm³/mol. The number of nitrogens with zero attached hydrogens (tertiary/aromatic N) is 2. The first-order valence-corrected chi connectivity index (χ1v) is 8.19. The molecule has 0 atom stereocenters. The van der Waals surface area contributed by atoms with Crippen molar-refractivity contribution in [2.45, 2.75) is 32.2 Å². The first kappa shape index (κ1) is 14.4. The molecular formula is C16H15ClN2OS. The van der Waals surface area contributed by atoms with E-state index in [1.807, 2.05) is 22.8 Å². The Labute approximate surface area is 132 Å². The molecule has 0 N–H and O–H groups in total. The van der Waals surface area contributed by atoms with Crippen LogP contribution in [0.4, 0.5) is 0 Å². The van der Waals surface area contributed by atoms with Gasteiger partial charge in [-0.25, -0.2) is 0 Å². The summed E-state index contributed by atoms with van der Waals surface area (Å²) in [5, 5.41) is 0.672. The van der Waals surface area contributed by atoms with Crippen molar-refractivity contribution in [1.82, 2.24) is 4.57 Å². The van der Waals surface area contributed by atoms with Crippen LogP contribution in [0.1, 0.15) is 25.7 Å². The summed E-state index contributed by atoms with van der Waals surface area (Å²) in [6.45, 7) is 0.401. The van der Waals surface area contributed by atoms with Gasteiger partial charge in [0.1, 0.15) is 0 Å². The number of carbonyl (C=O) groups excluding carboxylic acids is 1. The number of halogens is 1. The van der Waals surface area contributed by atoms with Crippen molar-refractivity contribution in [2.75, 3.05) is 0 Å². The molecule has 1 aliphatic rings. The first-order chi connectivity index (χ1) is 10.2. The zero-order valence-electron chi connectivity index (χ0n) is 11.5. The molecule has 5 heteroatoms. The summed E-state index contributed by atoms with van der Waals surface area (Å²) >= 11 is 7.49. The Morgan fingerprint density at radius 3 is 2.95 bits per heavy atom. The number of terminal acetylenes is 1. The Kier molecular flexibility index (Phi) is 4.14. The molecule has 1 aromatic heterocycles. The van der Waals surface area contributed by atoms with E-state index in [1.54, 1.807) is 0 Å². The summed E-state index contributed by atoms with van der Waals surface area (Å²) in [5.41, 5.74) is 0.973. The van der Waals surface area contributed by atoms with Gasteiger partial charge < -0.3 is 4.57 Å². The van der Waals surface area contributed by atoms with Crippen LogP contribution in [0.5, 0.6) is 0 Å². The van der Waals surface area contributed by atoms with E-state index in [-0.39, 0.29) is 11.8 Å². The molecule has 1 amide bonds. The lowest BCUT2D eigenvalue weighted by molar-refractivity contribution is -0.121. The SMILES string of the molecule is C#CCn1c(=NC(=O)C2CCCC2)sc2cc(Cl)ccc21. The number of hydrogen-bond donors (Lipinski definition) is 0. The van der Waals surface area contributed by atoms with Crippen LogP contribution in [0, 0.1) is 18.3 Å². The van der Waals surface area contributed by atoms with Crippen LogP contribution < -0.4 is 4.80 Å². The van der Waals surface area contributed by atoms with E-state index in [9.17, 15) is 4.79 Å².